The van der Waals surface area contributed by atoms with Gasteiger partial charge in [-0.15, -0.1) is 0 Å². The predicted octanol–water partition coefficient (Wildman–Crippen LogP) is 7.91. The minimum absolute atomic E-state index is 0.0936. The zero-order chi connectivity index (χ0) is 25.2. The summed E-state index contributed by atoms with van der Waals surface area (Å²) in [4.78, 5) is 15.1. The van der Waals surface area contributed by atoms with E-state index in [1.807, 2.05) is 26.0 Å². The van der Waals surface area contributed by atoms with Crippen LogP contribution in [0.2, 0.25) is 5.02 Å². The Morgan fingerprint density at radius 1 is 0.971 bits per heavy atom. The Bertz CT molecular complexity index is 1430. The minimum Gasteiger partial charge on any atom is -0.481 e. The van der Waals surface area contributed by atoms with Gasteiger partial charge in [0.2, 0.25) is 0 Å². The van der Waals surface area contributed by atoms with Crippen LogP contribution in [0, 0.1) is 32.6 Å². The van der Waals surface area contributed by atoms with Crippen molar-refractivity contribution in [3.05, 3.63) is 93.3 Å². The molecule has 0 aliphatic rings. The van der Waals surface area contributed by atoms with E-state index in [0.717, 1.165) is 16.7 Å². The maximum absolute atomic E-state index is 12.5. The molecule has 35 heavy (non-hydrogen) atoms. The molecule has 0 saturated carbocycles. The second-order valence-corrected chi connectivity index (χ2v) is 11.6. The quantitative estimate of drug-likeness (QED) is 0.158. The van der Waals surface area contributed by atoms with Crippen molar-refractivity contribution in [1.82, 2.24) is 0 Å². The summed E-state index contributed by atoms with van der Waals surface area (Å²) in [6.07, 6.45) is 0. The summed E-state index contributed by atoms with van der Waals surface area (Å²) in [5, 5.41) is 1.94. The van der Waals surface area contributed by atoms with Crippen LogP contribution in [0.1, 0.15) is 35.4 Å². The van der Waals surface area contributed by atoms with Gasteiger partial charge in [0.15, 0.2) is 26.7 Å². The van der Waals surface area contributed by atoms with Gasteiger partial charge < -0.3 is 9.47 Å². The van der Waals surface area contributed by atoms with Crippen molar-refractivity contribution < 1.29 is 14.3 Å². The zero-order valence-electron chi connectivity index (χ0n) is 20.6. The number of fused-ring (bicyclic) bond motifs is 1. The van der Waals surface area contributed by atoms with E-state index in [1.54, 1.807) is 26.0 Å². The molecule has 1 unspecified atom stereocenters. The molecule has 1 atom stereocenters. The first-order chi connectivity index (χ1) is 16.6. The maximum Gasteiger partial charge on any atom is 0.345 e. The highest BCUT2D eigenvalue weighted by molar-refractivity contribution is 7.45. The van der Waals surface area contributed by atoms with Gasteiger partial charge in [-0.1, -0.05) is 35.6 Å². The van der Waals surface area contributed by atoms with Crippen LogP contribution in [0.5, 0.6) is 5.75 Å². The zero-order valence-corrected chi connectivity index (χ0v) is 22.1. The van der Waals surface area contributed by atoms with Crippen molar-refractivity contribution in [2.75, 3.05) is 6.61 Å². The van der Waals surface area contributed by atoms with Crippen LogP contribution in [-0.2, 0) is 9.53 Å². The number of carbonyl (C=O) groups is 1. The first-order valence-corrected chi connectivity index (χ1v) is 13.0. The second-order valence-electron chi connectivity index (χ2n) is 9.02. The SMILES string of the molecule is Cc1cc(-[s+]2c(C)cc3ccccc32)cc(C)c1OCC(=O)OC(C)(C)C#Cc1ccc(Cl)cc1. The fourth-order valence-electron chi connectivity index (χ4n) is 4.03. The maximum atomic E-state index is 12.5. The van der Waals surface area contributed by atoms with Gasteiger partial charge in [0, 0.05) is 51.6 Å². The number of rotatable bonds is 5. The smallest absolute Gasteiger partial charge is 0.345 e. The van der Waals surface area contributed by atoms with E-state index >= 15 is 0 Å². The van der Waals surface area contributed by atoms with Crippen molar-refractivity contribution in [3.8, 4) is 22.5 Å². The van der Waals surface area contributed by atoms with Crippen molar-refractivity contribution in [2.24, 2.45) is 0 Å². The number of ether oxygens (including phenoxy) is 2. The first-order valence-electron chi connectivity index (χ1n) is 11.4. The van der Waals surface area contributed by atoms with Crippen LogP contribution >= 0.6 is 22.1 Å². The molecule has 178 valence electrons. The van der Waals surface area contributed by atoms with E-state index < -0.39 is 11.6 Å². The van der Waals surface area contributed by atoms with E-state index in [1.165, 1.54) is 19.9 Å². The van der Waals surface area contributed by atoms with Crippen LogP contribution in [0.3, 0.4) is 0 Å². The molecule has 1 heterocycles. The Kier molecular flexibility index (Phi) is 7.21. The normalized spacial score (nSPS) is 11.7. The van der Waals surface area contributed by atoms with Gasteiger partial charge in [-0.2, -0.15) is 0 Å². The Morgan fingerprint density at radius 2 is 1.63 bits per heavy atom. The lowest BCUT2D eigenvalue weighted by Gasteiger charge is -2.19. The molecular weight excluding hydrogens is 476 g/mol. The molecule has 4 rings (SSSR count). The highest BCUT2D eigenvalue weighted by Crippen LogP contribution is 2.45. The second kappa shape index (κ2) is 10.2. The van der Waals surface area contributed by atoms with Gasteiger partial charge in [0.1, 0.15) is 5.75 Å². The summed E-state index contributed by atoms with van der Waals surface area (Å²) in [6, 6.07) is 22.3. The molecule has 0 N–H and O–H groups in total. The van der Waals surface area contributed by atoms with Crippen molar-refractivity contribution in [3.63, 3.8) is 0 Å². The highest BCUT2D eigenvalue weighted by atomic mass is 35.5. The van der Waals surface area contributed by atoms with Crippen LogP contribution in [0.25, 0.3) is 15.0 Å². The van der Waals surface area contributed by atoms with Crippen LogP contribution in [0.15, 0.2) is 66.7 Å². The molecule has 0 bridgehead atoms. The number of halogens is 1. The van der Waals surface area contributed by atoms with Gasteiger partial charge in [-0.3, -0.25) is 0 Å². The third-order valence-corrected chi connectivity index (χ3v) is 8.08. The number of aryl methyl sites for hydroxylation is 3. The molecule has 0 fully saturated rings. The minimum atomic E-state index is -0.950. The summed E-state index contributed by atoms with van der Waals surface area (Å²) >= 11 is 5.91. The van der Waals surface area contributed by atoms with Gasteiger partial charge >= 0.3 is 5.97 Å². The van der Waals surface area contributed by atoms with Crippen LogP contribution in [0.4, 0.5) is 0 Å². The Hall–Kier alpha value is -3.26. The number of benzene rings is 3. The summed E-state index contributed by atoms with van der Waals surface area (Å²) in [7, 11) is -0.0936. The highest BCUT2D eigenvalue weighted by Gasteiger charge is 2.24. The third kappa shape index (κ3) is 5.88. The molecule has 5 heteroatoms. The average Bonchev–Trinajstić information content (AvgIpc) is 3.13. The molecule has 0 saturated heterocycles. The van der Waals surface area contributed by atoms with Gasteiger partial charge in [0.25, 0.3) is 0 Å². The fraction of sp³-hybridized carbons (Fsp3) is 0.233. The van der Waals surface area contributed by atoms with E-state index in [0.29, 0.717) is 10.8 Å². The molecule has 4 aromatic rings. The molecule has 3 nitrogen and oxygen atoms in total. The average molecular weight is 504 g/mol. The van der Waals surface area contributed by atoms with E-state index in [4.69, 9.17) is 21.1 Å². The molecule has 0 amide bonds. The van der Waals surface area contributed by atoms with E-state index in [2.05, 4.69) is 61.2 Å². The summed E-state index contributed by atoms with van der Waals surface area (Å²) in [6.45, 7) is 9.56. The Morgan fingerprint density at radius 3 is 2.31 bits per heavy atom. The molecule has 1 aromatic heterocycles. The lowest BCUT2D eigenvalue weighted by molar-refractivity contribution is -0.154. The summed E-state index contributed by atoms with van der Waals surface area (Å²) in [5.74, 6) is 6.28. The molecule has 3 aromatic carbocycles. The molecule has 0 spiro atoms. The number of esters is 1. The molecular formula is C30H28ClO3S+. The van der Waals surface area contributed by atoms with E-state index in [9.17, 15) is 4.79 Å². The number of carbonyl (C=O) groups excluding carboxylic acids is 1. The Labute approximate surface area is 214 Å². The molecule has 0 radical (unpaired) electrons. The van der Waals surface area contributed by atoms with E-state index in [-0.39, 0.29) is 17.1 Å². The summed E-state index contributed by atoms with van der Waals surface area (Å²) < 4.78 is 12.8. The number of thiophene rings is 1. The monoisotopic (exact) mass is 503 g/mol. The standard InChI is InChI=1S/C30H28ClO3S/c1-20-16-26(35-22(3)18-24-8-6-7-9-27(24)35)17-21(2)29(20)33-19-28(32)34-30(4,5)15-14-23-10-12-25(31)13-11-23/h6-13,16-18H,19H2,1-5H3/q+1. The predicted molar refractivity (Wildman–Crippen MR) is 146 cm³/mol. The fourth-order valence-corrected chi connectivity index (χ4v) is 6.54. The first kappa shape index (κ1) is 24.9. The lowest BCUT2D eigenvalue weighted by atomic mass is 10.1. The number of hydrogen-bond acceptors (Lipinski definition) is 3. The number of hydrogen-bond donors (Lipinski definition) is 0. The molecule has 0 aliphatic heterocycles. The van der Waals surface area contributed by atoms with Crippen molar-refractivity contribution >= 4 is 38.1 Å². The lowest BCUT2D eigenvalue weighted by Crippen LogP contribution is -2.29. The molecule has 0 aliphatic carbocycles. The third-order valence-electron chi connectivity index (χ3n) is 5.54. The van der Waals surface area contributed by atoms with Gasteiger partial charge in [0.05, 0.1) is 0 Å². The van der Waals surface area contributed by atoms with Crippen molar-refractivity contribution in [1.29, 1.82) is 0 Å². The van der Waals surface area contributed by atoms with Crippen LogP contribution in [-0.4, -0.2) is 18.2 Å². The van der Waals surface area contributed by atoms with Crippen molar-refractivity contribution in [2.45, 2.75) is 40.2 Å². The van der Waals surface area contributed by atoms with Gasteiger partial charge in [-0.25, -0.2) is 4.79 Å². The Balaban J connectivity index is 1.46. The van der Waals surface area contributed by atoms with Gasteiger partial charge in [-0.05, 0) is 75.2 Å². The topological polar surface area (TPSA) is 35.5 Å². The largest absolute Gasteiger partial charge is 0.481 e. The van der Waals surface area contributed by atoms with Crippen LogP contribution < -0.4 is 4.74 Å². The summed E-state index contributed by atoms with van der Waals surface area (Å²) in [5.41, 5.74) is 1.85.